The van der Waals surface area contributed by atoms with Gasteiger partial charge in [-0.2, -0.15) is 0 Å². The highest BCUT2D eigenvalue weighted by Gasteiger charge is 2.04. The fourth-order valence-electron chi connectivity index (χ4n) is 2.39. The summed E-state index contributed by atoms with van der Waals surface area (Å²) in [4.78, 5) is 12.5. The molecule has 3 rings (SSSR count). The molecule has 2 N–H and O–H groups in total. The van der Waals surface area contributed by atoms with Gasteiger partial charge < -0.3 is 19.8 Å². The number of pyridine rings is 1. The summed E-state index contributed by atoms with van der Waals surface area (Å²) in [5, 5.41) is 1.53. The Kier molecular flexibility index (Phi) is 4.19. The first kappa shape index (κ1) is 15.0. The minimum atomic E-state index is -0.0534. The highest BCUT2D eigenvalue weighted by molar-refractivity contribution is 5.82. The second kappa shape index (κ2) is 6.44. The maximum Gasteiger partial charge on any atom is 0.258 e. The number of rotatable bonds is 5. The van der Waals surface area contributed by atoms with E-state index >= 15 is 0 Å². The topological polar surface area (TPSA) is 66.5 Å². The molecule has 5 nitrogen and oxygen atoms in total. The van der Waals surface area contributed by atoms with Crippen LogP contribution >= 0.6 is 0 Å². The molecule has 2 aromatic carbocycles. The van der Waals surface area contributed by atoms with Gasteiger partial charge in [-0.25, -0.2) is 0 Å². The third-order valence-corrected chi connectivity index (χ3v) is 3.67. The number of hydrogen-bond acceptors (Lipinski definition) is 4. The number of nitrogens with zero attached hydrogens (tertiary/aromatic N) is 1. The van der Waals surface area contributed by atoms with Crippen LogP contribution in [-0.4, -0.2) is 18.3 Å². The molecule has 0 saturated carbocycles. The van der Waals surface area contributed by atoms with Gasteiger partial charge in [0.25, 0.3) is 5.56 Å². The van der Waals surface area contributed by atoms with E-state index in [0.29, 0.717) is 30.0 Å². The van der Waals surface area contributed by atoms with E-state index < -0.39 is 0 Å². The van der Waals surface area contributed by atoms with Gasteiger partial charge >= 0.3 is 0 Å². The van der Waals surface area contributed by atoms with Crippen molar-refractivity contribution < 1.29 is 9.47 Å². The van der Waals surface area contributed by atoms with Crippen molar-refractivity contribution >= 4 is 16.5 Å². The molecular weight excluding hydrogens is 292 g/mol. The third kappa shape index (κ3) is 3.29. The van der Waals surface area contributed by atoms with Crippen LogP contribution in [0.2, 0.25) is 0 Å². The van der Waals surface area contributed by atoms with E-state index in [-0.39, 0.29) is 5.56 Å². The van der Waals surface area contributed by atoms with E-state index in [4.69, 9.17) is 15.2 Å². The largest absolute Gasteiger partial charge is 0.497 e. The van der Waals surface area contributed by atoms with Gasteiger partial charge in [0.15, 0.2) is 0 Å². The Morgan fingerprint density at radius 2 is 1.78 bits per heavy atom. The SMILES string of the molecule is COc1ccc2ccn(CCOc3ccc(N)cc3)c(=O)c2c1. The number of anilines is 1. The van der Waals surface area contributed by atoms with Crippen LogP contribution in [0.25, 0.3) is 10.8 Å². The van der Waals surface area contributed by atoms with Crippen LogP contribution < -0.4 is 20.8 Å². The molecule has 0 aliphatic rings. The molecule has 3 aromatic rings. The molecule has 0 fully saturated rings. The number of nitrogen functional groups attached to an aromatic ring is 1. The van der Waals surface area contributed by atoms with Crippen molar-refractivity contribution in [2.24, 2.45) is 0 Å². The maximum absolute atomic E-state index is 12.5. The Morgan fingerprint density at radius 3 is 2.52 bits per heavy atom. The smallest absolute Gasteiger partial charge is 0.258 e. The summed E-state index contributed by atoms with van der Waals surface area (Å²) < 4.78 is 12.5. The number of methoxy groups -OCH3 is 1. The highest BCUT2D eigenvalue weighted by Crippen LogP contribution is 2.17. The van der Waals surface area contributed by atoms with Gasteiger partial charge in [-0.15, -0.1) is 0 Å². The van der Waals surface area contributed by atoms with Gasteiger partial charge in [0.1, 0.15) is 18.1 Å². The first-order valence-corrected chi connectivity index (χ1v) is 7.33. The predicted octanol–water partition coefficient (Wildman–Crippen LogP) is 2.67. The van der Waals surface area contributed by atoms with Crippen molar-refractivity contribution in [2.45, 2.75) is 6.54 Å². The van der Waals surface area contributed by atoms with Gasteiger partial charge in [-0.05, 0) is 47.9 Å². The molecule has 0 amide bonds. The molecule has 1 heterocycles. The van der Waals surface area contributed by atoms with Gasteiger partial charge in [0, 0.05) is 11.9 Å². The minimum absolute atomic E-state index is 0.0534. The molecular formula is C18H18N2O3. The number of benzene rings is 2. The Balaban J connectivity index is 1.76. The lowest BCUT2D eigenvalue weighted by atomic mass is 10.1. The van der Waals surface area contributed by atoms with Gasteiger partial charge in [0.2, 0.25) is 0 Å². The van der Waals surface area contributed by atoms with Crippen molar-refractivity contribution in [3.8, 4) is 11.5 Å². The normalized spacial score (nSPS) is 10.7. The summed E-state index contributed by atoms with van der Waals surface area (Å²) >= 11 is 0. The molecule has 0 spiro atoms. The van der Waals surface area contributed by atoms with Crippen molar-refractivity contribution in [3.05, 3.63) is 65.1 Å². The van der Waals surface area contributed by atoms with Gasteiger partial charge in [-0.3, -0.25) is 4.79 Å². The monoisotopic (exact) mass is 310 g/mol. The molecule has 0 unspecified atom stereocenters. The predicted molar refractivity (Wildman–Crippen MR) is 91.1 cm³/mol. The van der Waals surface area contributed by atoms with E-state index in [2.05, 4.69) is 0 Å². The zero-order chi connectivity index (χ0) is 16.2. The van der Waals surface area contributed by atoms with E-state index in [1.165, 1.54) is 0 Å². The molecule has 0 aliphatic carbocycles. The number of hydrogen-bond donors (Lipinski definition) is 1. The lowest BCUT2D eigenvalue weighted by Gasteiger charge is -2.10. The molecule has 0 atom stereocenters. The fourth-order valence-corrected chi connectivity index (χ4v) is 2.39. The highest BCUT2D eigenvalue weighted by atomic mass is 16.5. The quantitative estimate of drug-likeness (QED) is 0.736. The third-order valence-electron chi connectivity index (χ3n) is 3.67. The van der Waals surface area contributed by atoms with E-state index in [9.17, 15) is 4.79 Å². The Bertz CT molecular complexity index is 870. The summed E-state index contributed by atoms with van der Waals surface area (Å²) in [6.45, 7) is 0.871. The van der Waals surface area contributed by atoms with Crippen LogP contribution in [-0.2, 0) is 6.54 Å². The zero-order valence-electron chi connectivity index (χ0n) is 12.9. The van der Waals surface area contributed by atoms with Crippen LogP contribution in [0.1, 0.15) is 0 Å². The molecule has 0 bridgehead atoms. The Hall–Kier alpha value is -2.95. The summed E-state index contributed by atoms with van der Waals surface area (Å²) in [5.41, 5.74) is 6.27. The van der Waals surface area contributed by atoms with Crippen LogP contribution in [0.4, 0.5) is 5.69 Å². The number of ether oxygens (including phenoxy) is 2. The van der Waals surface area contributed by atoms with Crippen LogP contribution in [0, 0.1) is 0 Å². The summed E-state index contributed by atoms with van der Waals surface area (Å²) in [6.07, 6.45) is 1.78. The minimum Gasteiger partial charge on any atom is -0.497 e. The maximum atomic E-state index is 12.5. The van der Waals surface area contributed by atoms with Crippen LogP contribution in [0.15, 0.2) is 59.5 Å². The van der Waals surface area contributed by atoms with Crippen LogP contribution in [0.3, 0.4) is 0 Å². The standard InChI is InChI=1S/C18H18N2O3/c1-22-16-5-2-13-8-9-20(18(21)17(13)12-16)10-11-23-15-6-3-14(19)4-7-15/h2-9,12H,10-11,19H2,1H3. The molecule has 118 valence electrons. The second-order valence-electron chi connectivity index (χ2n) is 5.18. The molecule has 0 saturated heterocycles. The molecule has 23 heavy (non-hydrogen) atoms. The van der Waals surface area contributed by atoms with Crippen molar-refractivity contribution in [1.82, 2.24) is 4.57 Å². The number of nitrogens with two attached hydrogens (primary N) is 1. The molecule has 5 heteroatoms. The Labute approximate surface area is 133 Å². The summed E-state index contributed by atoms with van der Waals surface area (Å²) in [7, 11) is 1.59. The van der Waals surface area contributed by atoms with Crippen LogP contribution in [0.5, 0.6) is 11.5 Å². The first-order chi connectivity index (χ1) is 11.2. The Morgan fingerprint density at radius 1 is 1.04 bits per heavy atom. The van der Waals surface area contributed by atoms with E-state index in [1.54, 1.807) is 36.1 Å². The average Bonchev–Trinajstić information content (AvgIpc) is 2.58. The summed E-state index contributed by atoms with van der Waals surface area (Å²) in [6, 6.07) is 14.6. The van der Waals surface area contributed by atoms with E-state index in [1.807, 2.05) is 30.3 Å². The number of aromatic nitrogens is 1. The molecule has 1 aromatic heterocycles. The zero-order valence-corrected chi connectivity index (χ0v) is 12.9. The lowest BCUT2D eigenvalue weighted by molar-refractivity contribution is 0.297. The first-order valence-electron chi connectivity index (χ1n) is 7.33. The number of fused-ring (bicyclic) bond motifs is 1. The van der Waals surface area contributed by atoms with Gasteiger partial charge in [0.05, 0.1) is 19.0 Å². The van der Waals surface area contributed by atoms with E-state index in [0.717, 1.165) is 11.1 Å². The second-order valence-corrected chi connectivity index (χ2v) is 5.18. The fraction of sp³-hybridized carbons (Fsp3) is 0.167. The van der Waals surface area contributed by atoms with Crippen molar-refractivity contribution in [1.29, 1.82) is 0 Å². The van der Waals surface area contributed by atoms with Crippen molar-refractivity contribution in [3.63, 3.8) is 0 Å². The summed E-state index contributed by atoms with van der Waals surface area (Å²) in [5.74, 6) is 1.40. The average molecular weight is 310 g/mol. The lowest BCUT2D eigenvalue weighted by Crippen LogP contribution is -2.22. The van der Waals surface area contributed by atoms with Crippen molar-refractivity contribution in [2.75, 3.05) is 19.5 Å². The van der Waals surface area contributed by atoms with Gasteiger partial charge in [-0.1, -0.05) is 6.07 Å². The molecule has 0 radical (unpaired) electrons. The molecule has 0 aliphatic heterocycles.